The summed E-state index contributed by atoms with van der Waals surface area (Å²) in [7, 11) is 1.61. The average Bonchev–Trinajstić information content (AvgIpc) is 3.21. The van der Waals surface area contributed by atoms with Crippen LogP contribution in [0.4, 0.5) is 5.69 Å². The number of piperazine rings is 1. The predicted octanol–water partition coefficient (Wildman–Crippen LogP) is 2.36. The van der Waals surface area contributed by atoms with Crippen LogP contribution in [0.15, 0.2) is 39.6 Å². The van der Waals surface area contributed by atoms with Crippen molar-refractivity contribution in [3.8, 4) is 0 Å². The predicted molar refractivity (Wildman–Crippen MR) is 127 cm³/mol. The number of H-pyrrole nitrogens is 1. The summed E-state index contributed by atoms with van der Waals surface area (Å²) in [5.41, 5.74) is 5.22. The lowest BCUT2D eigenvalue weighted by Gasteiger charge is -2.36. The molecule has 1 aliphatic rings. The Morgan fingerprint density at radius 1 is 1.12 bits per heavy atom. The van der Waals surface area contributed by atoms with Crippen LogP contribution in [0, 0.1) is 13.8 Å². The summed E-state index contributed by atoms with van der Waals surface area (Å²) >= 11 is 0. The van der Waals surface area contributed by atoms with Crippen LogP contribution in [0.1, 0.15) is 27.4 Å². The molecular formula is C24H26N6O3. The molecule has 9 nitrogen and oxygen atoms in total. The van der Waals surface area contributed by atoms with Gasteiger partial charge in [0.25, 0.3) is 11.5 Å². The molecule has 1 saturated heterocycles. The van der Waals surface area contributed by atoms with Crippen molar-refractivity contribution in [2.24, 2.45) is 0 Å². The number of aryl methyl sites for hydroxylation is 2. The van der Waals surface area contributed by atoms with E-state index in [1.165, 1.54) is 0 Å². The highest BCUT2D eigenvalue weighted by atomic mass is 16.5. The quantitative estimate of drug-likeness (QED) is 0.496. The number of carbonyl (C=O) groups is 1. The Bertz CT molecular complexity index is 1420. The van der Waals surface area contributed by atoms with Gasteiger partial charge < -0.3 is 19.7 Å². The maximum absolute atomic E-state index is 12.5. The molecular weight excluding hydrogens is 420 g/mol. The zero-order chi connectivity index (χ0) is 23.1. The van der Waals surface area contributed by atoms with E-state index in [4.69, 9.17) is 4.52 Å². The molecule has 0 radical (unpaired) electrons. The second-order valence-corrected chi connectivity index (χ2v) is 8.45. The molecule has 0 atom stereocenters. The van der Waals surface area contributed by atoms with Gasteiger partial charge in [-0.3, -0.25) is 14.5 Å². The summed E-state index contributed by atoms with van der Waals surface area (Å²) in [6.45, 7) is 8.09. The van der Waals surface area contributed by atoms with Crippen LogP contribution in [0.5, 0.6) is 0 Å². The Hall–Kier alpha value is -3.72. The van der Waals surface area contributed by atoms with E-state index >= 15 is 0 Å². The van der Waals surface area contributed by atoms with E-state index in [2.05, 4.69) is 36.3 Å². The number of aromatic nitrogens is 3. The van der Waals surface area contributed by atoms with Gasteiger partial charge in [-0.15, -0.1) is 0 Å². The summed E-state index contributed by atoms with van der Waals surface area (Å²) in [5.74, 6) is -0.176. The molecule has 4 heterocycles. The molecule has 5 rings (SSSR count). The fraction of sp³-hybridized carbons (Fsp3) is 0.333. The van der Waals surface area contributed by atoms with Gasteiger partial charge in [-0.1, -0.05) is 11.2 Å². The largest absolute Gasteiger partial charge is 0.368 e. The van der Waals surface area contributed by atoms with Crippen molar-refractivity contribution < 1.29 is 9.32 Å². The van der Waals surface area contributed by atoms with Crippen molar-refractivity contribution >= 4 is 33.5 Å². The Labute approximate surface area is 190 Å². The molecule has 2 N–H and O–H groups in total. The van der Waals surface area contributed by atoms with Crippen molar-refractivity contribution in [2.45, 2.75) is 20.4 Å². The summed E-state index contributed by atoms with van der Waals surface area (Å²) < 4.78 is 5.41. The van der Waals surface area contributed by atoms with Gasteiger partial charge in [-0.2, -0.15) is 0 Å². The van der Waals surface area contributed by atoms with Crippen molar-refractivity contribution in [2.75, 3.05) is 38.1 Å². The van der Waals surface area contributed by atoms with Crippen LogP contribution in [0.2, 0.25) is 0 Å². The molecule has 3 aromatic heterocycles. The minimum Gasteiger partial charge on any atom is -0.368 e. The molecule has 170 valence electrons. The Kier molecular flexibility index (Phi) is 5.33. The highest BCUT2D eigenvalue weighted by Crippen LogP contribution is 2.25. The topological polar surface area (TPSA) is 107 Å². The van der Waals surface area contributed by atoms with Crippen molar-refractivity contribution in [1.82, 2.24) is 25.3 Å². The monoisotopic (exact) mass is 446 g/mol. The van der Waals surface area contributed by atoms with Gasteiger partial charge in [0.1, 0.15) is 11.1 Å². The molecule has 9 heteroatoms. The van der Waals surface area contributed by atoms with Gasteiger partial charge in [0, 0.05) is 45.2 Å². The molecule has 0 unspecified atom stereocenters. The van der Waals surface area contributed by atoms with E-state index in [1.54, 1.807) is 20.0 Å². The fourth-order valence-corrected chi connectivity index (χ4v) is 4.54. The fourth-order valence-electron chi connectivity index (χ4n) is 4.54. The van der Waals surface area contributed by atoms with Gasteiger partial charge in [0.15, 0.2) is 5.58 Å². The second-order valence-electron chi connectivity index (χ2n) is 8.45. The highest BCUT2D eigenvalue weighted by Gasteiger charge is 2.20. The third-order valence-electron chi connectivity index (χ3n) is 6.30. The van der Waals surface area contributed by atoms with Crippen LogP contribution in [-0.2, 0) is 6.54 Å². The maximum atomic E-state index is 12.5. The van der Waals surface area contributed by atoms with Gasteiger partial charge in [0.05, 0.1) is 22.6 Å². The number of pyridine rings is 2. The number of rotatable bonds is 4. The number of carbonyl (C=O) groups excluding carboxylic acids is 1. The highest BCUT2D eigenvalue weighted by molar-refractivity contribution is 6.02. The number of amides is 1. The Morgan fingerprint density at radius 2 is 1.91 bits per heavy atom. The van der Waals surface area contributed by atoms with E-state index in [0.717, 1.165) is 60.6 Å². The number of hydrogen-bond donors (Lipinski definition) is 2. The molecule has 1 fully saturated rings. The van der Waals surface area contributed by atoms with Crippen molar-refractivity contribution in [3.05, 3.63) is 63.3 Å². The first-order valence-electron chi connectivity index (χ1n) is 11.0. The first-order valence-corrected chi connectivity index (χ1v) is 11.0. The minimum absolute atomic E-state index is 0.173. The molecule has 0 aliphatic carbocycles. The normalized spacial score (nSPS) is 14.8. The molecule has 1 amide bonds. The number of hydrogen-bond acceptors (Lipinski definition) is 7. The standard InChI is InChI=1S/C24H26N6O3/c1-14-20(7-6-18(26-14)23(31)25-3)30-10-8-29(9-11-30)13-16-4-5-17-19(12-16)27-24(32)21-15(2)28-33-22(17)21/h4-7,12H,8-11,13H2,1-3H3,(H,25,31)(H,27,32). The number of anilines is 1. The Balaban J connectivity index is 1.29. The molecule has 33 heavy (non-hydrogen) atoms. The second kappa shape index (κ2) is 8.32. The van der Waals surface area contributed by atoms with Crippen LogP contribution in [0.3, 0.4) is 0 Å². The van der Waals surface area contributed by atoms with Gasteiger partial charge in [0.2, 0.25) is 0 Å². The van der Waals surface area contributed by atoms with E-state index in [-0.39, 0.29) is 11.5 Å². The van der Waals surface area contributed by atoms with Crippen LogP contribution >= 0.6 is 0 Å². The first-order chi connectivity index (χ1) is 15.9. The maximum Gasteiger partial charge on any atom is 0.269 e. The molecule has 1 aliphatic heterocycles. The van der Waals surface area contributed by atoms with Crippen LogP contribution in [-0.4, -0.2) is 59.2 Å². The SMILES string of the molecule is CNC(=O)c1ccc(N2CCN(Cc3ccc4c(c3)[nH]c(=O)c3c(C)noc34)CC2)c(C)n1. The average molecular weight is 447 g/mol. The molecule has 0 bridgehead atoms. The number of benzene rings is 1. The van der Waals surface area contributed by atoms with Gasteiger partial charge >= 0.3 is 0 Å². The lowest BCUT2D eigenvalue weighted by molar-refractivity contribution is 0.0958. The smallest absolute Gasteiger partial charge is 0.269 e. The van der Waals surface area contributed by atoms with Crippen molar-refractivity contribution in [1.29, 1.82) is 0 Å². The van der Waals surface area contributed by atoms with Crippen LogP contribution in [0.25, 0.3) is 21.9 Å². The van der Waals surface area contributed by atoms with E-state index < -0.39 is 0 Å². The number of fused-ring (bicyclic) bond motifs is 3. The zero-order valence-electron chi connectivity index (χ0n) is 18.9. The third-order valence-corrected chi connectivity index (χ3v) is 6.30. The van der Waals surface area contributed by atoms with Gasteiger partial charge in [-0.05, 0) is 43.7 Å². The zero-order valence-corrected chi connectivity index (χ0v) is 18.9. The number of nitrogens with zero attached hydrogens (tertiary/aromatic N) is 4. The van der Waals surface area contributed by atoms with E-state index in [0.29, 0.717) is 22.4 Å². The molecule has 4 aromatic rings. The Morgan fingerprint density at radius 3 is 2.64 bits per heavy atom. The van der Waals surface area contributed by atoms with Gasteiger partial charge in [-0.25, -0.2) is 4.98 Å². The first kappa shape index (κ1) is 21.1. The van der Waals surface area contributed by atoms with E-state index in [1.807, 2.05) is 25.1 Å². The number of aromatic amines is 1. The van der Waals surface area contributed by atoms with Crippen LogP contribution < -0.4 is 15.8 Å². The molecule has 1 aromatic carbocycles. The third kappa shape index (κ3) is 3.84. The lowest BCUT2D eigenvalue weighted by Crippen LogP contribution is -2.46. The summed E-state index contributed by atoms with van der Waals surface area (Å²) in [6, 6.07) is 9.85. The minimum atomic E-state index is -0.176. The molecule has 0 saturated carbocycles. The summed E-state index contributed by atoms with van der Waals surface area (Å²) in [5, 5.41) is 7.93. The van der Waals surface area contributed by atoms with Crippen molar-refractivity contribution in [3.63, 3.8) is 0 Å². The molecule has 0 spiro atoms. The summed E-state index contributed by atoms with van der Waals surface area (Å²) in [4.78, 5) is 36.4. The lowest BCUT2D eigenvalue weighted by atomic mass is 10.1. The van der Waals surface area contributed by atoms with E-state index in [9.17, 15) is 9.59 Å². The number of nitrogens with one attached hydrogen (secondary N) is 2. The summed E-state index contributed by atoms with van der Waals surface area (Å²) in [6.07, 6.45) is 0.